The largest absolute Gasteiger partial charge is 0.490 e. The molecule has 0 aromatic heterocycles. The summed E-state index contributed by atoms with van der Waals surface area (Å²) in [6, 6.07) is 12.1. The average Bonchev–Trinajstić information content (AvgIpc) is 2.55. The van der Waals surface area contributed by atoms with E-state index >= 15 is 0 Å². The minimum atomic E-state index is -2.90. The van der Waals surface area contributed by atoms with Crippen molar-refractivity contribution in [2.24, 2.45) is 5.73 Å². The van der Waals surface area contributed by atoms with Crippen molar-refractivity contribution < 1.29 is 23.0 Å². The second-order valence-electron chi connectivity index (χ2n) is 5.29. The number of carbonyl (C=O) groups excluding carboxylic acids is 1. The van der Waals surface area contributed by atoms with Crippen molar-refractivity contribution in [3.05, 3.63) is 53.6 Å². The number of nitrogens with one attached hydrogen (secondary N) is 1. The molecular formula is C18H20F2N2O3. The Morgan fingerprint density at radius 3 is 2.40 bits per heavy atom. The van der Waals surface area contributed by atoms with Crippen molar-refractivity contribution in [3.8, 4) is 11.5 Å². The van der Waals surface area contributed by atoms with Crippen molar-refractivity contribution >= 4 is 11.6 Å². The Bertz CT molecular complexity index is 706. The molecule has 1 amide bonds. The van der Waals surface area contributed by atoms with Crippen LogP contribution in [0.4, 0.5) is 14.5 Å². The lowest BCUT2D eigenvalue weighted by molar-refractivity contribution is -0.117. The first-order chi connectivity index (χ1) is 12.0. The molecule has 3 N–H and O–H groups in total. The van der Waals surface area contributed by atoms with Crippen LogP contribution in [0.15, 0.2) is 42.5 Å². The van der Waals surface area contributed by atoms with Gasteiger partial charge in [-0.05, 0) is 42.3 Å². The fraction of sp³-hybridized carbons (Fsp3) is 0.278. The highest BCUT2D eigenvalue weighted by Crippen LogP contribution is 2.30. The van der Waals surface area contributed by atoms with E-state index in [0.717, 1.165) is 16.8 Å². The molecule has 2 rings (SSSR count). The van der Waals surface area contributed by atoms with Crippen LogP contribution in [0.25, 0.3) is 0 Å². The first kappa shape index (κ1) is 18.5. The highest BCUT2D eigenvalue weighted by molar-refractivity contribution is 5.76. The van der Waals surface area contributed by atoms with Gasteiger partial charge in [0.15, 0.2) is 11.5 Å². The van der Waals surface area contributed by atoms with Gasteiger partial charge in [-0.15, -0.1) is 0 Å². The molecule has 0 fully saturated rings. The van der Waals surface area contributed by atoms with Crippen LogP contribution in [0.2, 0.25) is 0 Å². The second kappa shape index (κ2) is 8.86. The molecule has 0 aliphatic rings. The summed E-state index contributed by atoms with van der Waals surface area (Å²) in [7, 11) is 0. The van der Waals surface area contributed by atoms with Gasteiger partial charge in [-0.1, -0.05) is 18.2 Å². The average molecular weight is 350 g/mol. The predicted octanol–water partition coefficient (Wildman–Crippen LogP) is 3.33. The standard InChI is InChI=1S/C18H20F2N2O3/c1-2-24-16-9-13(5-8-15(16)25-18(19)20)11-22-14-6-3-12(4-7-14)10-17(21)23/h3-9,18,22H,2,10-11H2,1H3,(H2,21,23). The van der Waals surface area contributed by atoms with E-state index < -0.39 is 6.61 Å². The molecule has 0 aliphatic heterocycles. The first-order valence-electron chi connectivity index (χ1n) is 7.79. The minimum Gasteiger partial charge on any atom is -0.490 e. The molecule has 25 heavy (non-hydrogen) atoms. The van der Waals surface area contributed by atoms with Crippen LogP contribution < -0.4 is 20.5 Å². The third kappa shape index (κ3) is 5.95. The molecule has 0 spiro atoms. The SMILES string of the molecule is CCOc1cc(CNc2ccc(CC(N)=O)cc2)ccc1OC(F)F. The molecule has 7 heteroatoms. The molecule has 0 saturated heterocycles. The maximum absolute atomic E-state index is 12.4. The van der Waals surface area contributed by atoms with Crippen LogP contribution in [0.3, 0.4) is 0 Å². The fourth-order valence-electron chi connectivity index (χ4n) is 2.27. The number of nitrogens with two attached hydrogens (primary N) is 1. The summed E-state index contributed by atoms with van der Waals surface area (Å²) in [6.45, 7) is -0.311. The Kier molecular flexibility index (Phi) is 6.56. The molecule has 0 unspecified atom stereocenters. The third-order valence-electron chi connectivity index (χ3n) is 3.35. The van der Waals surface area contributed by atoms with Gasteiger partial charge in [-0.3, -0.25) is 4.79 Å². The summed E-state index contributed by atoms with van der Waals surface area (Å²) < 4.78 is 34.6. The highest BCUT2D eigenvalue weighted by atomic mass is 19.3. The van der Waals surface area contributed by atoms with E-state index in [0.29, 0.717) is 13.2 Å². The van der Waals surface area contributed by atoms with E-state index in [2.05, 4.69) is 10.1 Å². The van der Waals surface area contributed by atoms with Crippen LogP contribution in [-0.4, -0.2) is 19.1 Å². The van der Waals surface area contributed by atoms with Crippen molar-refractivity contribution in [2.45, 2.75) is 26.5 Å². The molecule has 2 aromatic carbocycles. The smallest absolute Gasteiger partial charge is 0.387 e. The lowest BCUT2D eigenvalue weighted by Gasteiger charge is -2.13. The predicted molar refractivity (Wildman–Crippen MR) is 90.9 cm³/mol. The van der Waals surface area contributed by atoms with Crippen LogP contribution in [0, 0.1) is 0 Å². The van der Waals surface area contributed by atoms with Crippen LogP contribution >= 0.6 is 0 Å². The topological polar surface area (TPSA) is 73.6 Å². The van der Waals surface area contributed by atoms with Crippen LogP contribution in [0.1, 0.15) is 18.1 Å². The molecule has 0 saturated carbocycles. The van der Waals surface area contributed by atoms with Crippen molar-refractivity contribution in [3.63, 3.8) is 0 Å². The summed E-state index contributed by atoms with van der Waals surface area (Å²) in [4.78, 5) is 10.9. The maximum atomic E-state index is 12.4. The van der Waals surface area contributed by atoms with E-state index in [1.807, 2.05) is 24.3 Å². The maximum Gasteiger partial charge on any atom is 0.387 e. The van der Waals surface area contributed by atoms with Gasteiger partial charge in [-0.25, -0.2) is 0 Å². The molecule has 0 aliphatic carbocycles. The van der Waals surface area contributed by atoms with Gasteiger partial charge in [0.05, 0.1) is 13.0 Å². The first-order valence-corrected chi connectivity index (χ1v) is 7.79. The molecular weight excluding hydrogens is 330 g/mol. The molecule has 2 aromatic rings. The Hall–Kier alpha value is -2.83. The molecule has 0 bridgehead atoms. The Labute approximate surface area is 144 Å². The number of rotatable bonds is 9. The zero-order valence-corrected chi connectivity index (χ0v) is 13.8. The molecule has 134 valence electrons. The zero-order valence-electron chi connectivity index (χ0n) is 13.8. The van der Waals surface area contributed by atoms with Gasteiger partial charge < -0.3 is 20.5 Å². The summed E-state index contributed by atoms with van der Waals surface area (Å²) >= 11 is 0. The van der Waals surface area contributed by atoms with E-state index in [9.17, 15) is 13.6 Å². The Balaban J connectivity index is 2.02. The van der Waals surface area contributed by atoms with Gasteiger partial charge in [0, 0.05) is 12.2 Å². The summed E-state index contributed by atoms with van der Waals surface area (Å²) in [5, 5.41) is 3.21. The van der Waals surface area contributed by atoms with Crippen molar-refractivity contribution in [2.75, 3.05) is 11.9 Å². The lowest BCUT2D eigenvalue weighted by atomic mass is 10.1. The number of carbonyl (C=O) groups is 1. The number of primary amides is 1. The minimum absolute atomic E-state index is 0.0106. The van der Waals surface area contributed by atoms with E-state index in [1.54, 1.807) is 19.1 Å². The Morgan fingerprint density at radius 2 is 1.80 bits per heavy atom. The van der Waals surface area contributed by atoms with Crippen LogP contribution in [0.5, 0.6) is 11.5 Å². The van der Waals surface area contributed by atoms with Gasteiger partial charge in [0.1, 0.15) is 0 Å². The number of anilines is 1. The van der Waals surface area contributed by atoms with E-state index in [-0.39, 0.29) is 23.8 Å². The van der Waals surface area contributed by atoms with Crippen molar-refractivity contribution in [1.29, 1.82) is 0 Å². The summed E-state index contributed by atoms with van der Waals surface area (Å²) in [5.41, 5.74) is 7.71. The third-order valence-corrected chi connectivity index (χ3v) is 3.35. The molecule has 0 radical (unpaired) electrons. The second-order valence-corrected chi connectivity index (χ2v) is 5.29. The normalized spacial score (nSPS) is 10.6. The van der Waals surface area contributed by atoms with Gasteiger partial charge >= 0.3 is 6.61 Å². The number of halogens is 2. The fourth-order valence-corrected chi connectivity index (χ4v) is 2.27. The summed E-state index contributed by atoms with van der Waals surface area (Å²) in [5.74, 6) is -0.0921. The Morgan fingerprint density at radius 1 is 1.12 bits per heavy atom. The van der Waals surface area contributed by atoms with Crippen molar-refractivity contribution in [1.82, 2.24) is 0 Å². The molecule has 0 atom stereocenters. The molecule has 0 heterocycles. The van der Waals surface area contributed by atoms with E-state index in [1.165, 1.54) is 6.07 Å². The highest BCUT2D eigenvalue weighted by Gasteiger charge is 2.11. The number of hydrogen-bond acceptors (Lipinski definition) is 4. The van der Waals surface area contributed by atoms with Gasteiger partial charge in [0.25, 0.3) is 0 Å². The number of ether oxygens (including phenoxy) is 2. The summed E-state index contributed by atoms with van der Waals surface area (Å²) in [6.07, 6.45) is 0.198. The van der Waals surface area contributed by atoms with Gasteiger partial charge in [-0.2, -0.15) is 8.78 Å². The van der Waals surface area contributed by atoms with E-state index in [4.69, 9.17) is 10.5 Å². The lowest BCUT2D eigenvalue weighted by Crippen LogP contribution is -2.13. The number of alkyl halides is 2. The monoisotopic (exact) mass is 350 g/mol. The quantitative estimate of drug-likeness (QED) is 0.728. The molecule has 5 nitrogen and oxygen atoms in total. The number of amides is 1. The zero-order chi connectivity index (χ0) is 18.2. The number of benzene rings is 2. The van der Waals surface area contributed by atoms with Gasteiger partial charge in [0.2, 0.25) is 5.91 Å². The van der Waals surface area contributed by atoms with Crippen LogP contribution in [-0.2, 0) is 17.8 Å². The number of hydrogen-bond donors (Lipinski definition) is 2.